The molecule has 0 unspecified atom stereocenters. The number of carbonyl (C=O) groups excluding carboxylic acids is 3. The lowest BCUT2D eigenvalue weighted by Gasteiger charge is -2.58. The summed E-state index contributed by atoms with van der Waals surface area (Å²) in [5.41, 5.74) is 1.94. The minimum absolute atomic E-state index is 0.0236. The SMILES string of the molecule is C[C@]12CC[C@H]3[C@@H](CCC4=CC(=O)CC[C@@]43C)[C@@H]1CC[C@@H]2C(=O)c1conc1C(=O)c1cccs1. The number of carbonyl (C=O) groups is 3. The molecular weight excluding hydrogens is 446 g/mol. The van der Waals surface area contributed by atoms with Crippen molar-refractivity contribution in [2.45, 2.75) is 65.2 Å². The van der Waals surface area contributed by atoms with Gasteiger partial charge in [0.05, 0.1) is 10.4 Å². The lowest BCUT2D eigenvalue weighted by molar-refractivity contribution is -0.117. The third-order valence-corrected chi connectivity index (χ3v) is 10.9. The van der Waals surface area contributed by atoms with Gasteiger partial charge < -0.3 is 4.52 Å². The van der Waals surface area contributed by atoms with Crippen molar-refractivity contribution in [3.05, 3.63) is 51.6 Å². The maximum atomic E-state index is 13.9. The van der Waals surface area contributed by atoms with E-state index in [1.165, 1.54) is 23.2 Å². The number of aromatic nitrogens is 1. The van der Waals surface area contributed by atoms with Gasteiger partial charge in [0.1, 0.15) is 6.26 Å². The summed E-state index contributed by atoms with van der Waals surface area (Å²) in [6.07, 6.45) is 11.1. The Labute approximate surface area is 204 Å². The lowest BCUT2D eigenvalue weighted by Crippen LogP contribution is -2.51. The van der Waals surface area contributed by atoms with E-state index in [1.54, 1.807) is 6.07 Å². The summed E-state index contributed by atoms with van der Waals surface area (Å²) < 4.78 is 5.16. The molecule has 0 amide bonds. The number of allylic oxidation sites excluding steroid dienone is 1. The van der Waals surface area contributed by atoms with Crippen LogP contribution in [0.5, 0.6) is 0 Å². The van der Waals surface area contributed by atoms with Crippen LogP contribution in [-0.4, -0.2) is 22.5 Å². The molecule has 0 saturated heterocycles. The molecule has 34 heavy (non-hydrogen) atoms. The molecule has 2 aromatic heterocycles. The number of hydrogen-bond acceptors (Lipinski definition) is 6. The summed E-state index contributed by atoms with van der Waals surface area (Å²) in [5.74, 6) is 1.68. The zero-order valence-corrected chi connectivity index (χ0v) is 20.7. The van der Waals surface area contributed by atoms with Crippen molar-refractivity contribution in [3.63, 3.8) is 0 Å². The standard InChI is InChI=1S/C28H31NO4S/c1-27-11-9-17(30)14-16(27)5-6-18-20-7-8-22(28(20,2)12-10-21(18)27)25(31)19-15-33-29-24(19)26(32)23-4-3-13-34-23/h3-4,13-15,18,20-22H,5-12H2,1-2H3/t18-,20-,21-,22+,27-,28-/m0/s1. The highest BCUT2D eigenvalue weighted by molar-refractivity contribution is 7.12. The Hall–Kier alpha value is -2.34. The molecule has 4 aliphatic carbocycles. The van der Waals surface area contributed by atoms with Crippen LogP contribution >= 0.6 is 11.3 Å². The van der Waals surface area contributed by atoms with Crippen LogP contribution in [-0.2, 0) is 4.79 Å². The van der Waals surface area contributed by atoms with Crippen LogP contribution in [0.2, 0.25) is 0 Å². The number of Topliss-reactive ketones (excluding diaryl/α,β-unsaturated/α-hetero) is 1. The molecule has 6 atom stereocenters. The van der Waals surface area contributed by atoms with Gasteiger partial charge in [-0.2, -0.15) is 0 Å². The molecule has 2 heterocycles. The van der Waals surface area contributed by atoms with Gasteiger partial charge in [0.25, 0.3) is 0 Å². The van der Waals surface area contributed by atoms with Gasteiger partial charge in [0.2, 0.25) is 5.78 Å². The van der Waals surface area contributed by atoms with Crippen LogP contribution in [0.15, 0.2) is 39.9 Å². The predicted molar refractivity (Wildman–Crippen MR) is 129 cm³/mol. The Bertz CT molecular complexity index is 1190. The summed E-state index contributed by atoms with van der Waals surface area (Å²) in [7, 11) is 0. The van der Waals surface area contributed by atoms with E-state index in [4.69, 9.17) is 4.52 Å². The zero-order valence-electron chi connectivity index (χ0n) is 19.8. The monoisotopic (exact) mass is 477 g/mol. The molecule has 6 heteroatoms. The highest BCUT2D eigenvalue weighted by Crippen LogP contribution is 2.66. The van der Waals surface area contributed by atoms with Gasteiger partial charge in [0.15, 0.2) is 17.3 Å². The van der Waals surface area contributed by atoms with Crippen LogP contribution in [0.3, 0.4) is 0 Å². The number of fused-ring (bicyclic) bond motifs is 5. The second kappa shape index (κ2) is 7.84. The van der Waals surface area contributed by atoms with Gasteiger partial charge in [-0.25, -0.2) is 0 Å². The molecule has 0 spiro atoms. The van der Waals surface area contributed by atoms with Gasteiger partial charge >= 0.3 is 0 Å². The molecule has 2 aromatic rings. The van der Waals surface area contributed by atoms with E-state index in [9.17, 15) is 14.4 Å². The fraction of sp³-hybridized carbons (Fsp3) is 0.571. The van der Waals surface area contributed by atoms with Crippen LogP contribution in [0.4, 0.5) is 0 Å². The molecule has 0 N–H and O–H groups in total. The second-order valence-electron chi connectivity index (χ2n) is 11.4. The van der Waals surface area contributed by atoms with E-state index in [0.717, 1.165) is 44.9 Å². The normalized spacial score (nSPS) is 36.9. The van der Waals surface area contributed by atoms with E-state index < -0.39 is 0 Å². The Morgan fingerprint density at radius 2 is 1.94 bits per heavy atom. The van der Waals surface area contributed by atoms with Crippen LogP contribution in [0, 0.1) is 34.5 Å². The zero-order chi connectivity index (χ0) is 23.7. The minimum Gasteiger partial charge on any atom is -0.363 e. The molecule has 178 valence electrons. The number of nitrogens with zero attached hydrogens (tertiary/aromatic N) is 1. The smallest absolute Gasteiger partial charge is 0.225 e. The molecule has 0 bridgehead atoms. The van der Waals surface area contributed by atoms with Crippen molar-refractivity contribution < 1.29 is 18.9 Å². The number of thiophene rings is 1. The molecule has 6 rings (SSSR count). The van der Waals surface area contributed by atoms with E-state index in [-0.39, 0.29) is 34.0 Å². The molecular formula is C28H31NO4S. The van der Waals surface area contributed by atoms with Crippen molar-refractivity contribution in [1.82, 2.24) is 5.16 Å². The Morgan fingerprint density at radius 1 is 1.09 bits per heavy atom. The van der Waals surface area contributed by atoms with E-state index in [0.29, 0.717) is 40.4 Å². The lowest BCUT2D eigenvalue weighted by atomic mass is 9.46. The maximum absolute atomic E-state index is 13.9. The Balaban J connectivity index is 1.28. The molecule has 0 radical (unpaired) electrons. The van der Waals surface area contributed by atoms with Gasteiger partial charge in [-0.15, -0.1) is 11.3 Å². The summed E-state index contributed by atoms with van der Waals surface area (Å²) in [5, 5.41) is 5.80. The molecule has 5 nitrogen and oxygen atoms in total. The van der Waals surface area contributed by atoms with E-state index >= 15 is 0 Å². The van der Waals surface area contributed by atoms with Gasteiger partial charge in [-0.05, 0) is 91.1 Å². The summed E-state index contributed by atoms with van der Waals surface area (Å²) >= 11 is 1.35. The first-order valence-electron chi connectivity index (χ1n) is 12.6. The van der Waals surface area contributed by atoms with Crippen molar-refractivity contribution in [3.8, 4) is 0 Å². The average Bonchev–Trinajstić information content (AvgIpc) is 3.58. The molecule has 4 aliphatic rings. The summed E-state index contributed by atoms with van der Waals surface area (Å²) in [6, 6.07) is 3.59. The molecule has 3 fully saturated rings. The van der Waals surface area contributed by atoms with Crippen LogP contribution in [0.25, 0.3) is 0 Å². The summed E-state index contributed by atoms with van der Waals surface area (Å²) in [6.45, 7) is 4.71. The first-order chi connectivity index (χ1) is 16.3. The largest absolute Gasteiger partial charge is 0.363 e. The molecule has 3 saturated carbocycles. The molecule has 0 aromatic carbocycles. The highest BCUT2D eigenvalue weighted by atomic mass is 32.1. The van der Waals surface area contributed by atoms with Crippen LogP contribution < -0.4 is 0 Å². The fourth-order valence-corrected chi connectivity index (χ4v) is 8.94. The van der Waals surface area contributed by atoms with Crippen molar-refractivity contribution in [1.29, 1.82) is 0 Å². The highest BCUT2D eigenvalue weighted by Gasteiger charge is 2.60. The van der Waals surface area contributed by atoms with Crippen molar-refractivity contribution in [2.24, 2.45) is 34.5 Å². The van der Waals surface area contributed by atoms with E-state index in [1.807, 2.05) is 17.5 Å². The van der Waals surface area contributed by atoms with E-state index in [2.05, 4.69) is 19.0 Å². The topological polar surface area (TPSA) is 77.2 Å². The number of ketones is 3. The first-order valence-corrected chi connectivity index (χ1v) is 13.5. The third-order valence-electron chi connectivity index (χ3n) is 10.1. The maximum Gasteiger partial charge on any atom is 0.225 e. The Morgan fingerprint density at radius 3 is 2.74 bits per heavy atom. The third kappa shape index (κ3) is 3.10. The number of rotatable bonds is 4. The van der Waals surface area contributed by atoms with Gasteiger partial charge in [-0.3, -0.25) is 14.4 Å². The predicted octanol–water partition coefficient (Wildman–Crippen LogP) is 6.30. The van der Waals surface area contributed by atoms with Crippen molar-refractivity contribution >= 4 is 28.7 Å². The van der Waals surface area contributed by atoms with Crippen molar-refractivity contribution in [2.75, 3.05) is 0 Å². The first kappa shape index (κ1) is 22.1. The quantitative estimate of drug-likeness (QED) is 0.483. The Kier molecular flexibility index (Phi) is 5.11. The fourth-order valence-electron chi connectivity index (χ4n) is 8.28. The number of hydrogen-bond donors (Lipinski definition) is 0. The molecule has 0 aliphatic heterocycles. The van der Waals surface area contributed by atoms with Gasteiger partial charge in [0, 0.05) is 12.3 Å². The second-order valence-corrected chi connectivity index (χ2v) is 12.3. The van der Waals surface area contributed by atoms with Gasteiger partial charge in [-0.1, -0.05) is 30.6 Å². The van der Waals surface area contributed by atoms with Crippen LogP contribution in [0.1, 0.15) is 90.9 Å². The summed E-state index contributed by atoms with van der Waals surface area (Å²) in [4.78, 5) is 39.5. The minimum atomic E-state index is -0.234. The average molecular weight is 478 g/mol.